The van der Waals surface area contributed by atoms with Crippen molar-refractivity contribution in [2.45, 2.75) is 12.8 Å². The molecule has 0 atom stereocenters. The number of nitrogens with one attached hydrogen (secondary N) is 1. The molecule has 0 radical (unpaired) electrons. The van der Waals surface area contributed by atoms with Gasteiger partial charge in [0.25, 0.3) is 0 Å². The highest BCUT2D eigenvalue weighted by atomic mass is 32.1. The minimum Gasteiger partial charge on any atom is -0.490 e. The second kappa shape index (κ2) is 6.98. The number of thiazole rings is 1. The molecule has 128 valence electrons. The van der Waals surface area contributed by atoms with Crippen molar-refractivity contribution in [2.75, 3.05) is 18.5 Å². The SMILES string of the molecule is O=C(Cc1csc(-c2ccco2)n1)Nc1ccc2c(c1)OCCCO2. The lowest BCUT2D eigenvalue weighted by Crippen LogP contribution is -2.14. The number of rotatable bonds is 4. The van der Waals surface area contributed by atoms with Gasteiger partial charge in [-0.25, -0.2) is 4.98 Å². The molecular formula is C18H16N2O4S. The van der Waals surface area contributed by atoms with Crippen LogP contribution in [0.1, 0.15) is 12.1 Å². The minimum atomic E-state index is -0.134. The van der Waals surface area contributed by atoms with Gasteiger partial charge in [-0.1, -0.05) is 0 Å². The lowest BCUT2D eigenvalue weighted by molar-refractivity contribution is -0.115. The van der Waals surface area contributed by atoms with Crippen molar-refractivity contribution in [3.8, 4) is 22.3 Å². The number of carbonyl (C=O) groups is 1. The van der Waals surface area contributed by atoms with Gasteiger partial charge in [0.2, 0.25) is 5.91 Å². The van der Waals surface area contributed by atoms with Crippen molar-refractivity contribution in [1.29, 1.82) is 0 Å². The van der Waals surface area contributed by atoms with Crippen molar-refractivity contribution >= 4 is 22.9 Å². The van der Waals surface area contributed by atoms with Crippen LogP contribution in [0.3, 0.4) is 0 Å². The van der Waals surface area contributed by atoms with Crippen LogP contribution in [-0.2, 0) is 11.2 Å². The van der Waals surface area contributed by atoms with Crippen LogP contribution in [0.2, 0.25) is 0 Å². The Bertz CT molecular complexity index is 873. The average Bonchev–Trinajstić information content (AvgIpc) is 3.23. The number of hydrogen-bond donors (Lipinski definition) is 1. The van der Waals surface area contributed by atoms with Crippen LogP contribution in [0.5, 0.6) is 11.5 Å². The fraction of sp³-hybridized carbons (Fsp3) is 0.222. The van der Waals surface area contributed by atoms with Crippen LogP contribution in [0, 0.1) is 0 Å². The number of benzene rings is 1. The topological polar surface area (TPSA) is 73.6 Å². The molecule has 4 rings (SSSR count). The molecule has 7 heteroatoms. The van der Waals surface area contributed by atoms with E-state index < -0.39 is 0 Å². The Morgan fingerprint density at radius 1 is 1.20 bits per heavy atom. The molecular weight excluding hydrogens is 340 g/mol. The number of amides is 1. The number of fused-ring (bicyclic) bond motifs is 1. The predicted octanol–water partition coefficient (Wildman–Crippen LogP) is 3.75. The van der Waals surface area contributed by atoms with Gasteiger partial charge in [0, 0.05) is 23.6 Å². The average molecular weight is 356 g/mol. The highest BCUT2D eigenvalue weighted by Gasteiger charge is 2.14. The van der Waals surface area contributed by atoms with Gasteiger partial charge in [0.1, 0.15) is 0 Å². The van der Waals surface area contributed by atoms with Crippen LogP contribution in [0.15, 0.2) is 46.4 Å². The number of aromatic nitrogens is 1. The Hall–Kier alpha value is -2.80. The zero-order valence-electron chi connectivity index (χ0n) is 13.4. The maximum atomic E-state index is 12.3. The molecule has 1 aliphatic heterocycles. The summed E-state index contributed by atoms with van der Waals surface area (Å²) in [6.07, 6.45) is 2.65. The van der Waals surface area contributed by atoms with Gasteiger partial charge < -0.3 is 19.2 Å². The van der Waals surface area contributed by atoms with Gasteiger partial charge in [-0.2, -0.15) is 0 Å². The first-order chi connectivity index (χ1) is 12.3. The molecule has 0 saturated heterocycles. The monoisotopic (exact) mass is 356 g/mol. The second-order valence-corrected chi connectivity index (χ2v) is 6.42. The number of nitrogens with zero attached hydrogens (tertiary/aromatic N) is 1. The smallest absolute Gasteiger partial charge is 0.230 e. The van der Waals surface area contributed by atoms with E-state index in [9.17, 15) is 4.79 Å². The third-order valence-corrected chi connectivity index (χ3v) is 4.56. The van der Waals surface area contributed by atoms with E-state index in [-0.39, 0.29) is 12.3 Å². The van der Waals surface area contributed by atoms with E-state index in [1.165, 1.54) is 11.3 Å². The van der Waals surface area contributed by atoms with Crippen LogP contribution >= 0.6 is 11.3 Å². The summed E-state index contributed by atoms with van der Waals surface area (Å²) < 4.78 is 16.5. The zero-order valence-corrected chi connectivity index (χ0v) is 14.2. The van der Waals surface area contributed by atoms with Crippen LogP contribution < -0.4 is 14.8 Å². The Morgan fingerprint density at radius 3 is 2.92 bits per heavy atom. The summed E-state index contributed by atoms with van der Waals surface area (Å²) in [5.74, 6) is 1.94. The van der Waals surface area contributed by atoms with Crippen molar-refractivity contribution in [1.82, 2.24) is 4.98 Å². The molecule has 1 N–H and O–H groups in total. The first kappa shape index (κ1) is 15.7. The van der Waals surface area contributed by atoms with E-state index in [1.807, 2.05) is 23.6 Å². The molecule has 0 saturated carbocycles. The Kier molecular flexibility index (Phi) is 4.39. The van der Waals surface area contributed by atoms with E-state index in [4.69, 9.17) is 13.9 Å². The van der Waals surface area contributed by atoms with Gasteiger partial charge in [0.15, 0.2) is 22.3 Å². The van der Waals surface area contributed by atoms with Gasteiger partial charge in [-0.05, 0) is 24.3 Å². The fourth-order valence-electron chi connectivity index (χ4n) is 2.51. The molecule has 0 spiro atoms. The van der Waals surface area contributed by atoms with Gasteiger partial charge in [-0.3, -0.25) is 4.79 Å². The van der Waals surface area contributed by atoms with Gasteiger partial charge in [-0.15, -0.1) is 11.3 Å². The minimum absolute atomic E-state index is 0.134. The maximum absolute atomic E-state index is 12.3. The standard InChI is InChI=1S/C18H16N2O4S/c21-17(10-13-11-25-18(20-13)15-3-1-6-23-15)19-12-4-5-14-16(9-12)24-8-2-7-22-14/h1,3-6,9,11H,2,7-8,10H2,(H,19,21). The highest BCUT2D eigenvalue weighted by molar-refractivity contribution is 7.13. The lowest BCUT2D eigenvalue weighted by Gasteiger charge is -2.10. The summed E-state index contributed by atoms with van der Waals surface area (Å²) in [6.45, 7) is 1.25. The Labute approximate surface area is 148 Å². The van der Waals surface area contributed by atoms with E-state index in [0.717, 1.165) is 11.4 Å². The van der Waals surface area contributed by atoms with Crippen molar-refractivity contribution in [2.24, 2.45) is 0 Å². The van der Waals surface area contributed by atoms with Crippen molar-refractivity contribution in [3.05, 3.63) is 47.7 Å². The Morgan fingerprint density at radius 2 is 2.08 bits per heavy atom. The normalized spacial score (nSPS) is 13.3. The molecule has 1 aromatic carbocycles. The largest absolute Gasteiger partial charge is 0.490 e. The summed E-state index contributed by atoms with van der Waals surface area (Å²) in [7, 11) is 0. The second-order valence-electron chi connectivity index (χ2n) is 5.56. The van der Waals surface area contributed by atoms with Crippen LogP contribution in [0.25, 0.3) is 10.8 Å². The molecule has 25 heavy (non-hydrogen) atoms. The highest BCUT2D eigenvalue weighted by Crippen LogP contribution is 2.32. The molecule has 2 aromatic heterocycles. The molecule has 0 fully saturated rings. The number of ether oxygens (including phenoxy) is 2. The van der Waals surface area contributed by atoms with E-state index in [0.29, 0.717) is 41.9 Å². The maximum Gasteiger partial charge on any atom is 0.230 e. The number of carbonyl (C=O) groups excluding carboxylic acids is 1. The number of anilines is 1. The third-order valence-electron chi connectivity index (χ3n) is 3.66. The predicted molar refractivity (Wildman–Crippen MR) is 94.2 cm³/mol. The van der Waals surface area contributed by atoms with Crippen molar-refractivity contribution < 1.29 is 18.7 Å². The molecule has 1 aliphatic rings. The molecule has 0 bridgehead atoms. The summed E-state index contributed by atoms with van der Waals surface area (Å²) in [6, 6.07) is 9.07. The summed E-state index contributed by atoms with van der Waals surface area (Å²) in [5.41, 5.74) is 1.39. The third kappa shape index (κ3) is 3.66. The van der Waals surface area contributed by atoms with Gasteiger partial charge >= 0.3 is 0 Å². The van der Waals surface area contributed by atoms with E-state index >= 15 is 0 Å². The lowest BCUT2D eigenvalue weighted by atomic mass is 10.2. The molecule has 3 aromatic rings. The molecule has 0 unspecified atom stereocenters. The first-order valence-electron chi connectivity index (χ1n) is 7.96. The van der Waals surface area contributed by atoms with Gasteiger partial charge in [0.05, 0.1) is 31.6 Å². The van der Waals surface area contributed by atoms with Crippen LogP contribution in [-0.4, -0.2) is 24.1 Å². The molecule has 0 aliphatic carbocycles. The summed E-state index contributed by atoms with van der Waals surface area (Å²) >= 11 is 1.46. The van der Waals surface area contributed by atoms with Crippen LogP contribution in [0.4, 0.5) is 5.69 Å². The van der Waals surface area contributed by atoms with Crippen molar-refractivity contribution in [3.63, 3.8) is 0 Å². The Balaban J connectivity index is 1.41. The number of furan rings is 1. The fourth-order valence-corrected chi connectivity index (χ4v) is 3.30. The molecule has 3 heterocycles. The van der Waals surface area contributed by atoms with E-state index in [1.54, 1.807) is 18.4 Å². The first-order valence-corrected chi connectivity index (χ1v) is 8.84. The van der Waals surface area contributed by atoms with E-state index in [2.05, 4.69) is 10.3 Å². The summed E-state index contributed by atoms with van der Waals surface area (Å²) in [4.78, 5) is 16.7. The number of hydrogen-bond acceptors (Lipinski definition) is 6. The quantitative estimate of drug-likeness (QED) is 0.771. The molecule has 1 amide bonds. The molecule has 6 nitrogen and oxygen atoms in total. The summed E-state index contributed by atoms with van der Waals surface area (Å²) in [5, 5.41) is 5.51. The zero-order chi connectivity index (χ0) is 17.1.